The number of azide groups is 1. The molecule has 1 atom stereocenters. The van der Waals surface area contributed by atoms with Crippen LogP contribution in [0.2, 0.25) is 0 Å². The van der Waals surface area contributed by atoms with E-state index < -0.39 is 16.6 Å². The third-order valence-electron chi connectivity index (χ3n) is 1.65. The topological polar surface area (TPSA) is 105 Å². The quantitative estimate of drug-likeness (QED) is 0.256. The van der Waals surface area contributed by atoms with E-state index in [1.54, 1.807) is 0 Å². The molecule has 0 bridgehead atoms. The molecule has 0 amide bonds. The van der Waals surface area contributed by atoms with Crippen molar-refractivity contribution in [3.05, 3.63) is 10.4 Å². The summed E-state index contributed by atoms with van der Waals surface area (Å²) in [5, 5.41) is 12.0. The molecule has 0 aliphatic carbocycles. The molecule has 0 radical (unpaired) electrons. The van der Waals surface area contributed by atoms with E-state index in [2.05, 4.69) is 26.0 Å². The van der Waals surface area contributed by atoms with Crippen molar-refractivity contribution in [2.75, 3.05) is 20.8 Å². The Balaban J connectivity index is 4.84. The second-order valence-electron chi connectivity index (χ2n) is 2.31. The van der Waals surface area contributed by atoms with Crippen molar-refractivity contribution in [1.82, 2.24) is 0 Å². The van der Waals surface area contributed by atoms with Gasteiger partial charge in [-0.15, -0.1) is 0 Å². The van der Waals surface area contributed by atoms with Gasteiger partial charge in [-0.3, -0.25) is 4.79 Å². The first-order valence-corrected chi connectivity index (χ1v) is 4.43. The fourth-order valence-corrected chi connectivity index (χ4v) is 1.34. The second-order valence-corrected chi connectivity index (χ2v) is 3.23. The van der Waals surface area contributed by atoms with E-state index in [-0.39, 0.29) is 6.54 Å². The van der Waals surface area contributed by atoms with Crippen molar-refractivity contribution in [3.63, 3.8) is 0 Å². The van der Waals surface area contributed by atoms with E-state index in [9.17, 15) is 4.79 Å². The maximum atomic E-state index is 10.7. The third-order valence-corrected chi connectivity index (χ3v) is 2.74. The molecule has 0 aromatic rings. The van der Waals surface area contributed by atoms with Crippen LogP contribution in [0.25, 0.3) is 10.4 Å². The molecule has 0 rings (SSSR count). The molecule has 0 aromatic carbocycles. The van der Waals surface area contributed by atoms with E-state index in [1.807, 2.05) is 0 Å². The van der Waals surface area contributed by atoms with Crippen LogP contribution in [0.3, 0.4) is 0 Å². The lowest BCUT2D eigenvalue weighted by atomic mass is 10.2. The number of halogens is 1. The first-order chi connectivity index (χ1) is 6.54. The molecule has 7 nitrogen and oxygen atoms in total. The van der Waals surface area contributed by atoms with Crippen LogP contribution in [0, 0.1) is 0 Å². The number of aliphatic carboxylic acids is 1. The maximum Gasteiger partial charge on any atom is 0.322 e. The largest absolute Gasteiger partial charge is 0.480 e. The van der Waals surface area contributed by atoms with Gasteiger partial charge in [0.2, 0.25) is 0 Å². The normalized spacial score (nSPS) is 13.1. The highest BCUT2D eigenvalue weighted by Crippen LogP contribution is 2.24. The number of alkyl halides is 1. The van der Waals surface area contributed by atoms with E-state index in [4.69, 9.17) is 20.1 Å². The minimum atomic E-state index is -1.49. The fourth-order valence-electron chi connectivity index (χ4n) is 0.818. The minimum Gasteiger partial charge on any atom is -0.480 e. The summed E-state index contributed by atoms with van der Waals surface area (Å²) in [4.78, 5) is 12.1. The fraction of sp³-hybridized carbons (Fsp3) is 0.833. The molecular weight excluding hydrogens is 258 g/mol. The van der Waals surface area contributed by atoms with E-state index in [1.165, 1.54) is 14.2 Å². The van der Waals surface area contributed by atoms with Gasteiger partial charge in [-0.25, -0.2) is 0 Å². The van der Waals surface area contributed by atoms with Gasteiger partial charge in [-0.1, -0.05) is 21.0 Å². The summed E-state index contributed by atoms with van der Waals surface area (Å²) in [6.45, 7) is -0.237. The number of carboxylic acid groups (broad SMARTS) is 1. The molecule has 0 aliphatic rings. The molecule has 0 saturated carbocycles. The summed E-state index contributed by atoms with van der Waals surface area (Å²) in [5.41, 5.74) is 8.13. The van der Waals surface area contributed by atoms with Gasteiger partial charge in [0.15, 0.2) is 10.6 Å². The highest BCUT2D eigenvalue weighted by molar-refractivity contribution is 9.10. The highest BCUT2D eigenvalue weighted by atomic mass is 79.9. The Bertz CT molecular complexity index is 249. The number of hydrogen-bond donors (Lipinski definition) is 1. The number of nitrogens with zero attached hydrogens (tertiary/aromatic N) is 3. The lowest BCUT2D eigenvalue weighted by molar-refractivity contribution is -0.203. The average Bonchev–Trinajstić information content (AvgIpc) is 2.19. The van der Waals surface area contributed by atoms with Gasteiger partial charge >= 0.3 is 5.97 Å². The Morgan fingerprint density at radius 2 is 2.21 bits per heavy atom. The number of methoxy groups -OCH3 is 2. The standard InChI is InChI=1S/C6H10BrN3O4/c1-13-6(14-2,3-9-10-8)4(7)5(11)12/h4H,3H2,1-2H3,(H,11,12). The zero-order valence-electron chi connectivity index (χ0n) is 7.68. The molecule has 0 fully saturated rings. The Kier molecular flexibility index (Phi) is 5.47. The number of rotatable bonds is 6. The summed E-state index contributed by atoms with van der Waals surface area (Å²) in [7, 11) is 2.54. The van der Waals surface area contributed by atoms with Crippen LogP contribution >= 0.6 is 15.9 Å². The molecule has 0 aromatic heterocycles. The summed E-state index contributed by atoms with van der Waals surface area (Å²) >= 11 is 2.88. The van der Waals surface area contributed by atoms with Gasteiger partial charge in [0.05, 0.1) is 6.54 Å². The highest BCUT2D eigenvalue weighted by Gasteiger charge is 2.42. The summed E-state index contributed by atoms with van der Waals surface area (Å²) < 4.78 is 9.79. The van der Waals surface area contributed by atoms with Crippen molar-refractivity contribution < 1.29 is 19.4 Å². The Labute approximate surface area is 88.7 Å². The molecule has 0 heterocycles. The molecule has 1 unspecified atom stereocenters. The Morgan fingerprint density at radius 1 is 1.71 bits per heavy atom. The van der Waals surface area contributed by atoms with Crippen LogP contribution in [-0.4, -0.2) is 42.5 Å². The lowest BCUT2D eigenvalue weighted by Crippen LogP contribution is -2.49. The van der Waals surface area contributed by atoms with Crippen molar-refractivity contribution >= 4 is 21.9 Å². The number of hydrogen-bond acceptors (Lipinski definition) is 4. The van der Waals surface area contributed by atoms with Gasteiger partial charge in [0, 0.05) is 19.1 Å². The summed E-state index contributed by atoms with van der Waals surface area (Å²) in [5.74, 6) is -2.65. The van der Waals surface area contributed by atoms with Crippen LogP contribution in [0.4, 0.5) is 0 Å². The number of ether oxygens (including phenoxy) is 2. The smallest absolute Gasteiger partial charge is 0.322 e. The Hall–Kier alpha value is -0.820. The SMILES string of the molecule is COC(CN=[N+]=[N-])(OC)C(Br)C(=O)O. The molecule has 0 saturated heterocycles. The van der Waals surface area contributed by atoms with Gasteiger partial charge in [0.25, 0.3) is 0 Å². The van der Waals surface area contributed by atoms with Crippen molar-refractivity contribution in [1.29, 1.82) is 0 Å². The maximum absolute atomic E-state index is 10.7. The predicted molar refractivity (Wildman–Crippen MR) is 51.1 cm³/mol. The monoisotopic (exact) mass is 267 g/mol. The molecule has 1 N–H and O–H groups in total. The van der Waals surface area contributed by atoms with Gasteiger partial charge in [-0.05, 0) is 5.53 Å². The molecule has 0 spiro atoms. The molecule has 14 heavy (non-hydrogen) atoms. The minimum absolute atomic E-state index is 0.237. The lowest BCUT2D eigenvalue weighted by Gasteiger charge is -2.31. The molecule has 80 valence electrons. The van der Waals surface area contributed by atoms with Gasteiger partial charge in [0.1, 0.15) is 0 Å². The van der Waals surface area contributed by atoms with Crippen LogP contribution in [0.5, 0.6) is 0 Å². The van der Waals surface area contributed by atoms with Crippen LogP contribution < -0.4 is 0 Å². The van der Waals surface area contributed by atoms with Crippen LogP contribution in [0.15, 0.2) is 5.11 Å². The first-order valence-electron chi connectivity index (χ1n) is 3.52. The van der Waals surface area contributed by atoms with Crippen molar-refractivity contribution in [3.8, 4) is 0 Å². The predicted octanol–water partition coefficient (Wildman–Crippen LogP) is 1.13. The van der Waals surface area contributed by atoms with Crippen molar-refractivity contribution in [2.45, 2.75) is 10.6 Å². The van der Waals surface area contributed by atoms with Gasteiger partial charge < -0.3 is 14.6 Å². The zero-order valence-corrected chi connectivity index (χ0v) is 9.26. The summed E-state index contributed by atoms with van der Waals surface area (Å²) in [6, 6.07) is 0. The molecular formula is C6H10BrN3O4. The molecule has 8 heteroatoms. The Morgan fingerprint density at radius 3 is 2.50 bits per heavy atom. The number of carbonyl (C=O) groups is 1. The number of carboxylic acids is 1. The van der Waals surface area contributed by atoms with Crippen LogP contribution in [0.1, 0.15) is 0 Å². The molecule has 0 aliphatic heterocycles. The van der Waals surface area contributed by atoms with Gasteiger partial charge in [-0.2, -0.15) is 0 Å². The van der Waals surface area contributed by atoms with Crippen LogP contribution in [-0.2, 0) is 14.3 Å². The third kappa shape index (κ3) is 2.85. The van der Waals surface area contributed by atoms with E-state index in [0.717, 1.165) is 0 Å². The van der Waals surface area contributed by atoms with Crippen molar-refractivity contribution in [2.24, 2.45) is 5.11 Å². The van der Waals surface area contributed by atoms with E-state index in [0.29, 0.717) is 0 Å². The summed E-state index contributed by atoms with van der Waals surface area (Å²) in [6.07, 6.45) is 0. The average molecular weight is 268 g/mol. The van der Waals surface area contributed by atoms with E-state index >= 15 is 0 Å². The first kappa shape index (κ1) is 13.2. The second kappa shape index (κ2) is 5.82. The zero-order chi connectivity index (χ0) is 11.2.